The van der Waals surface area contributed by atoms with Gasteiger partial charge in [0, 0.05) is 12.5 Å². The van der Waals surface area contributed by atoms with Crippen molar-refractivity contribution in [2.75, 3.05) is 6.54 Å². The molecule has 2 unspecified atom stereocenters. The van der Waals surface area contributed by atoms with Gasteiger partial charge in [0.25, 0.3) is 0 Å². The molecule has 0 bridgehead atoms. The SMILES string of the molecule is Cc1ccc(C(C)NC(=O)CC2CCCN2)cc1. The maximum atomic E-state index is 11.9. The van der Waals surface area contributed by atoms with Crippen molar-refractivity contribution in [3.8, 4) is 0 Å². The summed E-state index contributed by atoms with van der Waals surface area (Å²) in [5.74, 6) is 0.141. The van der Waals surface area contributed by atoms with Crippen molar-refractivity contribution in [3.63, 3.8) is 0 Å². The number of benzene rings is 1. The molecule has 1 amide bonds. The molecular formula is C15H22N2O. The molecule has 98 valence electrons. The Morgan fingerprint density at radius 3 is 2.78 bits per heavy atom. The number of carbonyl (C=O) groups excluding carboxylic acids is 1. The van der Waals surface area contributed by atoms with Crippen LogP contribution in [0.4, 0.5) is 0 Å². The Kier molecular flexibility index (Phi) is 4.37. The number of aryl methyl sites for hydroxylation is 1. The Labute approximate surface area is 109 Å². The van der Waals surface area contributed by atoms with Gasteiger partial charge in [-0.2, -0.15) is 0 Å². The van der Waals surface area contributed by atoms with Gasteiger partial charge in [-0.25, -0.2) is 0 Å². The Morgan fingerprint density at radius 1 is 1.44 bits per heavy atom. The molecule has 0 spiro atoms. The van der Waals surface area contributed by atoms with Crippen LogP contribution in [0.3, 0.4) is 0 Å². The second kappa shape index (κ2) is 6.01. The summed E-state index contributed by atoms with van der Waals surface area (Å²) >= 11 is 0. The van der Waals surface area contributed by atoms with Crippen LogP contribution in [-0.4, -0.2) is 18.5 Å². The van der Waals surface area contributed by atoms with Crippen molar-refractivity contribution in [2.45, 2.75) is 45.2 Å². The molecule has 1 aliphatic heterocycles. The highest BCUT2D eigenvalue weighted by molar-refractivity contribution is 5.77. The lowest BCUT2D eigenvalue weighted by Crippen LogP contribution is -2.33. The fourth-order valence-electron chi connectivity index (χ4n) is 2.39. The number of rotatable bonds is 4. The standard InChI is InChI=1S/C15H22N2O/c1-11-5-7-13(8-6-11)12(2)17-15(18)10-14-4-3-9-16-14/h5-8,12,14,16H,3-4,9-10H2,1-2H3,(H,17,18). The zero-order chi connectivity index (χ0) is 13.0. The Bertz CT molecular complexity index is 393. The second-order valence-corrected chi connectivity index (χ2v) is 5.20. The highest BCUT2D eigenvalue weighted by atomic mass is 16.1. The Morgan fingerprint density at radius 2 is 2.17 bits per heavy atom. The monoisotopic (exact) mass is 246 g/mol. The van der Waals surface area contributed by atoms with Crippen molar-refractivity contribution in [1.82, 2.24) is 10.6 Å². The quantitative estimate of drug-likeness (QED) is 0.856. The zero-order valence-electron chi connectivity index (χ0n) is 11.2. The molecular weight excluding hydrogens is 224 g/mol. The molecule has 0 saturated carbocycles. The lowest BCUT2D eigenvalue weighted by molar-refractivity contribution is -0.122. The minimum atomic E-state index is 0.0829. The van der Waals surface area contributed by atoms with Crippen LogP contribution in [0.15, 0.2) is 24.3 Å². The second-order valence-electron chi connectivity index (χ2n) is 5.20. The smallest absolute Gasteiger partial charge is 0.222 e. The van der Waals surface area contributed by atoms with Crippen LogP contribution < -0.4 is 10.6 Å². The third-order valence-electron chi connectivity index (χ3n) is 3.55. The summed E-state index contributed by atoms with van der Waals surface area (Å²) in [6.07, 6.45) is 2.90. The van der Waals surface area contributed by atoms with Gasteiger partial charge in [0.15, 0.2) is 0 Å². The molecule has 1 fully saturated rings. The average Bonchev–Trinajstić information content (AvgIpc) is 2.82. The van der Waals surface area contributed by atoms with Gasteiger partial charge in [-0.15, -0.1) is 0 Å². The highest BCUT2D eigenvalue weighted by Gasteiger charge is 2.18. The molecule has 18 heavy (non-hydrogen) atoms. The third-order valence-corrected chi connectivity index (χ3v) is 3.55. The normalized spacial score (nSPS) is 20.7. The van der Waals surface area contributed by atoms with E-state index in [4.69, 9.17) is 0 Å². The van der Waals surface area contributed by atoms with E-state index in [2.05, 4.69) is 41.8 Å². The molecule has 1 saturated heterocycles. The molecule has 1 aliphatic rings. The molecule has 1 aromatic carbocycles. The predicted molar refractivity (Wildman–Crippen MR) is 73.4 cm³/mol. The van der Waals surface area contributed by atoms with Crippen molar-refractivity contribution < 1.29 is 4.79 Å². The van der Waals surface area contributed by atoms with E-state index >= 15 is 0 Å². The van der Waals surface area contributed by atoms with E-state index in [0.29, 0.717) is 12.5 Å². The van der Waals surface area contributed by atoms with Gasteiger partial charge in [-0.3, -0.25) is 4.79 Å². The molecule has 3 nitrogen and oxygen atoms in total. The first kappa shape index (κ1) is 13.1. The Balaban J connectivity index is 1.84. The summed E-state index contributed by atoms with van der Waals surface area (Å²) in [6.45, 7) is 5.15. The summed E-state index contributed by atoms with van der Waals surface area (Å²) < 4.78 is 0. The number of hydrogen-bond donors (Lipinski definition) is 2. The molecule has 3 heteroatoms. The molecule has 2 N–H and O–H groups in total. The first-order valence-corrected chi connectivity index (χ1v) is 6.74. The van der Waals surface area contributed by atoms with E-state index in [9.17, 15) is 4.79 Å². The highest BCUT2D eigenvalue weighted by Crippen LogP contribution is 2.14. The van der Waals surface area contributed by atoms with Crippen molar-refractivity contribution in [1.29, 1.82) is 0 Å². The maximum absolute atomic E-state index is 11.9. The van der Waals surface area contributed by atoms with E-state index in [-0.39, 0.29) is 11.9 Å². The van der Waals surface area contributed by atoms with Crippen molar-refractivity contribution in [3.05, 3.63) is 35.4 Å². The van der Waals surface area contributed by atoms with E-state index in [1.807, 2.05) is 6.92 Å². The van der Waals surface area contributed by atoms with Crippen LogP contribution in [0.1, 0.15) is 43.4 Å². The van der Waals surface area contributed by atoms with Crippen molar-refractivity contribution >= 4 is 5.91 Å². The third kappa shape index (κ3) is 3.57. The molecule has 0 radical (unpaired) electrons. The molecule has 0 aliphatic carbocycles. The lowest BCUT2D eigenvalue weighted by atomic mass is 10.1. The number of hydrogen-bond acceptors (Lipinski definition) is 2. The zero-order valence-corrected chi connectivity index (χ0v) is 11.2. The van der Waals surface area contributed by atoms with Crippen molar-refractivity contribution in [2.24, 2.45) is 0 Å². The van der Waals surface area contributed by atoms with Crippen LogP contribution in [0, 0.1) is 6.92 Å². The van der Waals surface area contributed by atoms with Gasteiger partial charge in [0.05, 0.1) is 6.04 Å². The topological polar surface area (TPSA) is 41.1 Å². The number of carbonyl (C=O) groups is 1. The van der Waals surface area contributed by atoms with Crippen LogP contribution >= 0.6 is 0 Å². The van der Waals surface area contributed by atoms with E-state index in [1.165, 1.54) is 12.0 Å². The van der Waals surface area contributed by atoms with Crippen LogP contribution in [0.25, 0.3) is 0 Å². The van der Waals surface area contributed by atoms with Gasteiger partial charge in [0.1, 0.15) is 0 Å². The van der Waals surface area contributed by atoms with Gasteiger partial charge in [0.2, 0.25) is 5.91 Å². The summed E-state index contributed by atoms with van der Waals surface area (Å²) in [5, 5.41) is 6.41. The first-order chi connectivity index (χ1) is 8.65. The van der Waals surface area contributed by atoms with Gasteiger partial charge in [-0.1, -0.05) is 29.8 Å². The average molecular weight is 246 g/mol. The van der Waals surface area contributed by atoms with Crippen LogP contribution in [0.5, 0.6) is 0 Å². The maximum Gasteiger partial charge on any atom is 0.222 e. The largest absolute Gasteiger partial charge is 0.350 e. The molecule has 0 aromatic heterocycles. The van der Waals surface area contributed by atoms with E-state index < -0.39 is 0 Å². The van der Waals surface area contributed by atoms with E-state index in [1.54, 1.807) is 0 Å². The minimum Gasteiger partial charge on any atom is -0.350 e. The fourth-order valence-corrected chi connectivity index (χ4v) is 2.39. The molecule has 2 rings (SSSR count). The summed E-state index contributed by atoms with van der Waals surface area (Å²) in [6, 6.07) is 8.77. The Hall–Kier alpha value is -1.35. The summed E-state index contributed by atoms with van der Waals surface area (Å²) in [7, 11) is 0. The number of nitrogens with one attached hydrogen (secondary N) is 2. The fraction of sp³-hybridized carbons (Fsp3) is 0.533. The van der Waals surface area contributed by atoms with Crippen LogP contribution in [-0.2, 0) is 4.79 Å². The van der Waals surface area contributed by atoms with E-state index in [0.717, 1.165) is 18.5 Å². The van der Waals surface area contributed by atoms with Gasteiger partial charge < -0.3 is 10.6 Å². The first-order valence-electron chi connectivity index (χ1n) is 6.74. The number of amides is 1. The molecule has 1 aromatic rings. The van der Waals surface area contributed by atoms with Gasteiger partial charge >= 0.3 is 0 Å². The summed E-state index contributed by atoms with van der Waals surface area (Å²) in [4.78, 5) is 11.9. The molecule has 1 heterocycles. The predicted octanol–water partition coefficient (Wildman–Crippen LogP) is 2.31. The lowest BCUT2D eigenvalue weighted by Gasteiger charge is -2.16. The minimum absolute atomic E-state index is 0.0829. The van der Waals surface area contributed by atoms with Crippen LogP contribution in [0.2, 0.25) is 0 Å². The van der Waals surface area contributed by atoms with Gasteiger partial charge in [-0.05, 0) is 38.8 Å². The summed E-state index contributed by atoms with van der Waals surface area (Å²) in [5.41, 5.74) is 2.40. The molecule has 2 atom stereocenters.